The second-order valence-corrected chi connectivity index (χ2v) is 9.09. The summed E-state index contributed by atoms with van der Waals surface area (Å²) in [6.45, 7) is 6.73. The lowest BCUT2D eigenvalue weighted by atomic mass is 10.00. The lowest BCUT2D eigenvalue weighted by molar-refractivity contribution is 0.129. The molecule has 2 aliphatic heterocycles. The largest absolute Gasteiger partial charge is 0.439 e. The van der Waals surface area contributed by atoms with Gasteiger partial charge in [-0.15, -0.1) is 0 Å². The van der Waals surface area contributed by atoms with Gasteiger partial charge < -0.3 is 15.0 Å². The van der Waals surface area contributed by atoms with E-state index in [0.717, 1.165) is 37.3 Å². The van der Waals surface area contributed by atoms with Gasteiger partial charge in [0.1, 0.15) is 6.10 Å². The zero-order valence-electron chi connectivity index (χ0n) is 18.7. The van der Waals surface area contributed by atoms with E-state index in [0.29, 0.717) is 11.6 Å². The number of piperazine rings is 1. The van der Waals surface area contributed by atoms with Crippen LogP contribution in [-0.2, 0) is 4.74 Å². The molecule has 3 aromatic carbocycles. The fraction of sp³-hybridized carbons (Fsp3) is 0.296. The second kappa shape index (κ2) is 9.46. The molecule has 1 N–H and O–H groups in total. The molecule has 5 rings (SSSR count). The van der Waals surface area contributed by atoms with Crippen LogP contribution >= 0.6 is 11.6 Å². The summed E-state index contributed by atoms with van der Waals surface area (Å²) in [6.07, 6.45) is -0.555. The van der Waals surface area contributed by atoms with Gasteiger partial charge in [0.25, 0.3) is 0 Å². The maximum atomic E-state index is 12.6. The molecule has 0 radical (unpaired) electrons. The number of nitrogens with one attached hydrogen (secondary N) is 1. The Kier molecular flexibility index (Phi) is 6.25. The maximum absolute atomic E-state index is 12.6. The van der Waals surface area contributed by atoms with Crippen molar-refractivity contribution in [3.63, 3.8) is 0 Å². The molecule has 5 nitrogen and oxygen atoms in total. The maximum Gasteiger partial charge on any atom is 0.411 e. The van der Waals surface area contributed by atoms with Gasteiger partial charge in [-0.1, -0.05) is 60.1 Å². The van der Waals surface area contributed by atoms with Crippen molar-refractivity contribution in [2.75, 3.05) is 37.6 Å². The van der Waals surface area contributed by atoms with E-state index in [9.17, 15) is 4.79 Å². The SMILES string of the molecule is CC(c1ccc(-c2ccc(N3CCNCC3)cc2)cc1)N1C[C@@H](c2ccc(Cl)cc2)OC1=O. The Morgan fingerprint density at radius 2 is 1.52 bits per heavy atom. The molecule has 0 aromatic heterocycles. The second-order valence-electron chi connectivity index (χ2n) is 8.66. The quantitative estimate of drug-likeness (QED) is 0.531. The van der Waals surface area contributed by atoms with Crippen molar-refractivity contribution in [1.29, 1.82) is 0 Å². The van der Waals surface area contributed by atoms with E-state index in [1.807, 2.05) is 31.2 Å². The number of rotatable bonds is 5. The minimum atomic E-state index is -0.282. The van der Waals surface area contributed by atoms with Crippen LogP contribution in [0, 0.1) is 0 Å². The number of hydrogen-bond donors (Lipinski definition) is 1. The monoisotopic (exact) mass is 461 g/mol. The smallest absolute Gasteiger partial charge is 0.411 e. The molecule has 170 valence electrons. The molecule has 0 aliphatic carbocycles. The number of carbonyl (C=O) groups is 1. The summed E-state index contributed by atoms with van der Waals surface area (Å²) >= 11 is 5.98. The Hall–Kier alpha value is -3.02. The average Bonchev–Trinajstić information content (AvgIpc) is 3.26. The van der Waals surface area contributed by atoms with Crippen LogP contribution in [0.2, 0.25) is 5.02 Å². The zero-order valence-corrected chi connectivity index (χ0v) is 19.5. The highest BCUT2D eigenvalue weighted by Crippen LogP contribution is 2.34. The van der Waals surface area contributed by atoms with E-state index in [1.54, 1.807) is 4.90 Å². The lowest BCUT2D eigenvalue weighted by Gasteiger charge is -2.29. The third kappa shape index (κ3) is 4.70. The van der Waals surface area contributed by atoms with Gasteiger partial charge >= 0.3 is 6.09 Å². The van der Waals surface area contributed by atoms with E-state index in [2.05, 4.69) is 58.7 Å². The van der Waals surface area contributed by atoms with Gasteiger partial charge in [0.15, 0.2) is 0 Å². The van der Waals surface area contributed by atoms with E-state index < -0.39 is 0 Å². The number of halogens is 1. The van der Waals surface area contributed by atoms with Gasteiger partial charge in [-0.25, -0.2) is 4.79 Å². The Balaban J connectivity index is 1.26. The molecule has 1 unspecified atom stereocenters. The van der Waals surface area contributed by atoms with Gasteiger partial charge in [-0.2, -0.15) is 0 Å². The Labute approximate surface area is 199 Å². The van der Waals surface area contributed by atoms with Crippen molar-refractivity contribution in [2.24, 2.45) is 0 Å². The first-order chi connectivity index (χ1) is 16.1. The number of ether oxygens (including phenoxy) is 1. The van der Waals surface area contributed by atoms with Gasteiger partial charge in [0.2, 0.25) is 0 Å². The summed E-state index contributed by atoms with van der Waals surface area (Å²) in [5, 5.41) is 4.07. The van der Waals surface area contributed by atoms with Gasteiger partial charge in [-0.3, -0.25) is 4.90 Å². The van der Waals surface area contributed by atoms with Crippen molar-refractivity contribution in [3.8, 4) is 11.1 Å². The number of carbonyl (C=O) groups excluding carboxylic acids is 1. The molecule has 2 heterocycles. The predicted molar refractivity (Wildman–Crippen MR) is 133 cm³/mol. The predicted octanol–water partition coefficient (Wildman–Crippen LogP) is 5.67. The van der Waals surface area contributed by atoms with Crippen LogP contribution in [0.5, 0.6) is 0 Å². The zero-order chi connectivity index (χ0) is 22.8. The van der Waals surface area contributed by atoms with Gasteiger partial charge in [0.05, 0.1) is 12.6 Å². The molecular weight excluding hydrogens is 434 g/mol. The fourth-order valence-electron chi connectivity index (χ4n) is 4.57. The summed E-state index contributed by atoms with van der Waals surface area (Å²) in [5.74, 6) is 0. The van der Waals surface area contributed by atoms with Crippen molar-refractivity contribution in [2.45, 2.75) is 19.1 Å². The third-order valence-electron chi connectivity index (χ3n) is 6.63. The highest BCUT2D eigenvalue weighted by molar-refractivity contribution is 6.30. The highest BCUT2D eigenvalue weighted by Gasteiger charge is 2.35. The average molecular weight is 462 g/mol. The number of amides is 1. The topological polar surface area (TPSA) is 44.8 Å². The normalized spacial score (nSPS) is 19.5. The summed E-state index contributed by atoms with van der Waals surface area (Å²) < 4.78 is 5.63. The molecular formula is C27H28ClN3O2. The molecule has 0 spiro atoms. The molecule has 2 atom stereocenters. The lowest BCUT2D eigenvalue weighted by Crippen LogP contribution is -2.43. The molecule has 2 saturated heterocycles. The van der Waals surface area contributed by atoms with E-state index >= 15 is 0 Å². The number of cyclic esters (lactones) is 1. The van der Waals surface area contributed by atoms with Crippen LogP contribution in [0.1, 0.15) is 30.2 Å². The molecule has 3 aromatic rings. The Bertz CT molecular complexity index is 1090. The standard InChI is InChI=1S/C27H28ClN3O2/c1-19(31-18-26(33-27(31)32)23-6-10-24(28)11-7-23)20-2-4-21(5-3-20)22-8-12-25(13-9-22)30-16-14-29-15-17-30/h2-13,19,26,29H,14-18H2,1H3/t19?,26-/m0/s1. The first kappa shape index (κ1) is 21.8. The van der Waals surface area contributed by atoms with E-state index in [4.69, 9.17) is 16.3 Å². The van der Waals surface area contributed by atoms with Gasteiger partial charge in [-0.05, 0) is 53.4 Å². The molecule has 2 aliphatic rings. The van der Waals surface area contributed by atoms with Crippen LogP contribution in [0.15, 0.2) is 72.8 Å². The summed E-state index contributed by atoms with van der Waals surface area (Å²) in [4.78, 5) is 16.8. The summed E-state index contributed by atoms with van der Waals surface area (Å²) in [7, 11) is 0. The number of anilines is 1. The Morgan fingerprint density at radius 3 is 2.15 bits per heavy atom. The molecule has 1 amide bonds. The first-order valence-corrected chi connectivity index (χ1v) is 11.8. The number of hydrogen-bond acceptors (Lipinski definition) is 4. The molecule has 0 bridgehead atoms. The van der Waals surface area contributed by atoms with Crippen LogP contribution < -0.4 is 10.2 Å². The number of benzene rings is 3. The van der Waals surface area contributed by atoms with E-state index in [-0.39, 0.29) is 18.2 Å². The summed E-state index contributed by atoms with van der Waals surface area (Å²) in [5.41, 5.74) is 5.68. The summed E-state index contributed by atoms with van der Waals surface area (Å²) in [6, 6.07) is 24.6. The van der Waals surface area contributed by atoms with Crippen molar-refractivity contribution >= 4 is 23.4 Å². The van der Waals surface area contributed by atoms with Crippen molar-refractivity contribution in [1.82, 2.24) is 10.2 Å². The van der Waals surface area contributed by atoms with Crippen molar-refractivity contribution < 1.29 is 9.53 Å². The van der Waals surface area contributed by atoms with Crippen molar-refractivity contribution in [3.05, 3.63) is 88.9 Å². The van der Waals surface area contributed by atoms with Gasteiger partial charge in [0, 0.05) is 36.9 Å². The highest BCUT2D eigenvalue weighted by atomic mass is 35.5. The van der Waals surface area contributed by atoms with Crippen LogP contribution in [0.4, 0.5) is 10.5 Å². The number of nitrogens with zero attached hydrogens (tertiary/aromatic N) is 2. The van der Waals surface area contributed by atoms with Crippen LogP contribution in [0.25, 0.3) is 11.1 Å². The molecule has 33 heavy (non-hydrogen) atoms. The molecule has 6 heteroatoms. The van der Waals surface area contributed by atoms with Crippen LogP contribution in [-0.4, -0.2) is 43.7 Å². The minimum Gasteiger partial charge on any atom is -0.439 e. The molecule has 2 fully saturated rings. The van der Waals surface area contributed by atoms with E-state index in [1.165, 1.54) is 16.8 Å². The first-order valence-electron chi connectivity index (χ1n) is 11.5. The third-order valence-corrected chi connectivity index (χ3v) is 6.88. The minimum absolute atomic E-state index is 0.0704. The molecule has 0 saturated carbocycles. The Morgan fingerprint density at radius 1 is 0.909 bits per heavy atom. The van der Waals surface area contributed by atoms with Crippen LogP contribution in [0.3, 0.4) is 0 Å². The fourth-order valence-corrected chi connectivity index (χ4v) is 4.69.